The molecule has 2 aromatic carbocycles. The molecule has 1 saturated heterocycles. The van der Waals surface area contributed by atoms with Crippen LogP contribution in [-0.4, -0.2) is 47.0 Å². The fourth-order valence-electron chi connectivity index (χ4n) is 3.68. The molecule has 3 rings (SSSR count). The fraction of sp³-hybridized carbons (Fsp3) is 0.435. The second-order valence-corrected chi connectivity index (χ2v) is 9.86. The predicted molar refractivity (Wildman–Crippen MR) is 125 cm³/mol. The van der Waals surface area contributed by atoms with E-state index in [1.807, 2.05) is 25.1 Å². The van der Waals surface area contributed by atoms with Gasteiger partial charge in [0.25, 0.3) is 15.9 Å². The van der Waals surface area contributed by atoms with Gasteiger partial charge in [0.2, 0.25) is 0 Å². The Morgan fingerprint density at radius 1 is 1.10 bits per heavy atom. The van der Waals surface area contributed by atoms with Crippen LogP contribution in [0.1, 0.15) is 36.7 Å². The lowest BCUT2D eigenvalue weighted by atomic mass is 10.0. The van der Waals surface area contributed by atoms with E-state index in [-0.39, 0.29) is 10.8 Å². The van der Waals surface area contributed by atoms with E-state index in [1.165, 1.54) is 0 Å². The summed E-state index contributed by atoms with van der Waals surface area (Å²) in [4.78, 5) is 14.7. The van der Waals surface area contributed by atoms with Gasteiger partial charge in [0.15, 0.2) is 0 Å². The molecule has 0 aliphatic carbocycles. The third-order valence-electron chi connectivity index (χ3n) is 5.18. The number of anilines is 2. The van der Waals surface area contributed by atoms with Gasteiger partial charge in [-0.3, -0.25) is 9.52 Å². The molecule has 1 aliphatic rings. The van der Waals surface area contributed by atoms with Crippen LogP contribution in [0.4, 0.5) is 11.4 Å². The van der Waals surface area contributed by atoms with Crippen LogP contribution in [0.5, 0.6) is 0 Å². The molecule has 0 bridgehead atoms. The number of piperazine rings is 1. The number of sulfonamides is 1. The van der Waals surface area contributed by atoms with Crippen molar-refractivity contribution in [3.05, 3.63) is 53.6 Å². The standard InChI is InChI=1S/C23H32N4O3S/c1-4-25-23(28)19-7-10-22(27-13-11-24-12-14-27)21(16-19)26-31(29,30)20-8-5-18(6-9-20)15-17(2)3/h5-10,16-17,24,26H,4,11-15H2,1-3H3,(H,25,28). The fourth-order valence-corrected chi connectivity index (χ4v) is 4.75. The SMILES string of the molecule is CCNC(=O)c1ccc(N2CCNCC2)c(NS(=O)(=O)c2ccc(CC(C)C)cc2)c1. The van der Waals surface area contributed by atoms with E-state index in [4.69, 9.17) is 0 Å². The number of nitrogens with one attached hydrogen (secondary N) is 3. The quantitative estimate of drug-likeness (QED) is 0.583. The molecule has 0 saturated carbocycles. The minimum atomic E-state index is -3.80. The van der Waals surface area contributed by atoms with Crippen LogP contribution < -0.4 is 20.3 Å². The maximum Gasteiger partial charge on any atom is 0.261 e. The molecule has 8 heteroatoms. The van der Waals surface area contributed by atoms with Gasteiger partial charge in [0, 0.05) is 38.3 Å². The molecule has 0 aromatic heterocycles. The first-order valence-corrected chi connectivity index (χ1v) is 12.3. The van der Waals surface area contributed by atoms with Gasteiger partial charge in [-0.2, -0.15) is 0 Å². The number of nitrogens with zero attached hydrogens (tertiary/aromatic N) is 1. The zero-order valence-electron chi connectivity index (χ0n) is 18.4. The summed E-state index contributed by atoms with van der Waals surface area (Å²) < 4.78 is 29.0. The number of carbonyl (C=O) groups is 1. The Morgan fingerprint density at radius 2 is 1.77 bits per heavy atom. The van der Waals surface area contributed by atoms with E-state index in [1.54, 1.807) is 24.3 Å². The molecular formula is C23H32N4O3S. The van der Waals surface area contributed by atoms with Crippen molar-refractivity contribution < 1.29 is 13.2 Å². The molecule has 0 unspecified atom stereocenters. The Balaban J connectivity index is 1.92. The van der Waals surface area contributed by atoms with E-state index in [9.17, 15) is 13.2 Å². The second kappa shape index (κ2) is 10.2. The molecule has 31 heavy (non-hydrogen) atoms. The lowest BCUT2D eigenvalue weighted by Gasteiger charge is -2.31. The summed E-state index contributed by atoms with van der Waals surface area (Å²) in [6.07, 6.45) is 0.898. The number of carbonyl (C=O) groups excluding carboxylic acids is 1. The first-order chi connectivity index (χ1) is 14.8. The molecule has 2 aromatic rings. The van der Waals surface area contributed by atoms with Crippen molar-refractivity contribution in [3.8, 4) is 0 Å². The van der Waals surface area contributed by atoms with Crippen LogP contribution in [-0.2, 0) is 16.4 Å². The second-order valence-electron chi connectivity index (χ2n) is 8.18. The largest absolute Gasteiger partial charge is 0.367 e. The summed E-state index contributed by atoms with van der Waals surface area (Å²) in [5.74, 6) is 0.270. The van der Waals surface area contributed by atoms with Gasteiger partial charge in [-0.1, -0.05) is 26.0 Å². The Bertz CT molecular complexity index is 998. The Kier molecular flexibility index (Phi) is 7.56. The van der Waals surface area contributed by atoms with E-state index in [2.05, 4.69) is 34.1 Å². The van der Waals surface area contributed by atoms with Crippen molar-refractivity contribution in [2.45, 2.75) is 32.1 Å². The molecule has 3 N–H and O–H groups in total. The Labute approximate surface area is 185 Å². The van der Waals surface area contributed by atoms with Crippen LogP contribution in [0.2, 0.25) is 0 Å². The number of amides is 1. The summed E-state index contributed by atoms with van der Waals surface area (Å²) >= 11 is 0. The van der Waals surface area contributed by atoms with E-state index >= 15 is 0 Å². The Morgan fingerprint density at radius 3 is 2.39 bits per heavy atom. The van der Waals surface area contributed by atoms with Crippen molar-refractivity contribution in [1.29, 1.82) is 0 Å². The van der Waals surface area contributed by atoms with Crippen LogP contribution in [0.15, 0.2) is 47.4 Å². The third kappa shape index (κ3) is 5.98. The van der Waals surface area contributed by atoms with Gasteiger partial charge in [0.1, 0.15) is 0 Å². The van der Waals surface area contributed by atoms with Gasteiger partial charge >= 0.3 is 0 Å². The highest BCUT2D eigenvalue weighted by Gasteiger charge is 2.21. The topological polar surface area (TPSA) is 90.5 Å². The number of hydrogen-bond donors (Lipinski definition) is 3. The zero-order valence-corrected chi connectivity index (χ0v) is 19.3. The minimum absolute atomic E-state index is 0.203. The minimum Gasteiger partial charge on any atom is -0.367 e. The van der Waals surface area contributed by atoms with E-state index in [0.29, 0.717) is 23.7 Å². The highest BCUT2D eigenvalue weighted by molar-refractivity contribution is 7.92. The lowest BCUT2D eigenvalue weighted by Crippen LogP contribution is -2.43. The monoisotopic (exact) mass is 444 g/mol. The number of rotatable bonds is 8. The van der Waals surface area contributed by atoms with Crippen molar-refractivity contribution in [2.75, 3.05) is 42.3 Å². The highest BCUT2D eigenvalue weighted by Crippen LogP contribution is 2.30. The molecule has 1 heterocycles. The van der Waals surface area contributed by atoms with Gasteiger partial charge in [-0.15, -0.1) is 0 Å². The van der Waals surface area contributed by atoms with Gasteiger partial charge in [-0.05, 0) is 55.2 Å². The maximum atomic E-state index is 13.1. The molecule has 0 spiro atoms. The third-order valence-corrected chi connectivity index (χ3v) is 6.56. The predicted octanol–water partition coefficient (Wildman–Crippen LogP) is 2.85. The Hall–Kier alpha value is -2.58. The molecule has 168 valence electrons. The lowest BCUT2D eigenvalue weighted by molar-refractivity contribution is 0.0956. The highest BCUT2D eigenvalue weighted by atomic mass is 32.2. The first-order valence-electron chi connectivity index (χ1n) is 10.8. The smallest absolute Gasteiger partial charge is 0.261 e. The maximum absolute atomic E-state index is 13.1. The zero-order chi connectivity index (χ0) is 22.4. The van der Waals surface area contributed by atoms with Crippen LogP contribution in [0.25, 0.3) is 0 Å². The molecule has 0 atom stereocenters. The number of benzene rings is 2. The first kappa shape index (κ1) is 23.1. The molecule has 1 aliphatic heterocycles. The van der Waals surface area contributed by atoms with E-state index in [0.717, 1.165) is 43.9 Å². The van der Waals surface area contributed by atoms with Gasteiger partial charge in [-0.25, -0.2) is 8.42 Å². The summed E-state index contributed by atoms with van der Waals surface area (Å²) in [6, 6.07) is 12.2. The normalized spacial score (nSPS) is 14.5. The van der Waals surface area contributed by atoms with E-state index < -0.39 is 10.0 Å². The van der Waals surface area contributed by atoms with Crippen LogP contribution in [0, 0.1) is 5.92 Å². The van der Waals surface area contributed by atoms with Crippen LogP contribution >= 0.6 is 0 Å². The van der Waals surface area contributed by atoms with Crippen molar-refractivity contribution >= 4 is 27.3 Å². The molecular weight excluding hydrogens is 412 g/mol. The molecule has 1 amide bonds. The summed E-state index contributed by atoms with van der Waals surface area (Å²) in [6.45, 7) is 9.78. The average molecular weight is 445 g/mol. The van der Waals surface area contributed by atoms with Crippen molar-refractivity contribution in [2.24, 2.45) is 5.92 Å². The molecule has 7 nitrogen and oxygen atoms in total. The van der Waals surface area contributed by atoms with Gasteiger partial charge < -0.3 is 15.5 Å². The summed E-state index contributed by atoms with van der Waals surface area (Å²) in [5.41, 5.74) is 2.71. The summed E-state index contributed by atoms with van der Waals surface area (Å²) in [7, 11) is -3.80. The average Bonchev–Trinajstić information content (AvgIpc) is 2.74. The van der Waals surface area contributed by atoms with Gasteiger partial charge in [0.05, 0.1) is 16.3 Å². The van der Waals surface area contributed by atoms with Crippen LogP contribution in [0.3, 0.4) is 0 Å². The van der Waals surface area contributed by atoms with Crippen molar-refractivity contribution in [3.63, 3.8) is 0 Å². The van der Waals surface area contributed by atoms with Crippen molar-refractivity contribution in [1.82, 2.24) is 10.6 Å². The molecule has 0 radical (unpaired) electrons. The number of hydrogen-bond acceptors (Lipinski definition) is 5. The molecule has 1 fully saturated rings. The summed E-state index contributed by atoms with van der Waals surface area (Å²) in [5, 5.41) is 6.06.